The van der Waals surface area contributed by atoms with Gasteiger partial charge in [-0.3, -0.25) is 4.79 Å². The molecule has 0 bridgehead atoms. The van der Waals surface area contributed by atoms with Crippen LogP contribution in [-0.4, -0.2) is 92.4 Å². The topological polar surface area (TPSA) is 60.9 Å². The fourth-order valence-corrected chi connectivity index (χ4v) is 7.31. The second-order valence-electron chi connectivity index (χ2n) is 8.71. The van der Waals surface area contributed by atoms with E-state index in [2.05, 4.69) is 16.8 Å². The van der Waals surface area contributed by atoms with Crippen molar-refractivity contribution in [3.8, 4) is 0 Å². The van der Waals surface area contributed by atoms with E-state index in [0.717, 1.165) is 44.7 Å². The number of nitrogens with zero attached hydrogens (tertiary/aromatic N) is 3. The van der Waals surface area contributed by atoms with Crippen LogP contribution in [-0.2, 0) is 21.1 Å². The van der Waals surface area contributed by atoms with Crippen molar-refractivity contribution >= 4 is 15.7 Å². The molecule has 3 aliphatic rings. The Morgan fingerprint density at radius 2 is 1.79 bits per heavy atom. The normalized spacial score (nSPS) is 27.0. The molecule has 1 aromatic rings. The molecular weight excluding hydrogens is 374 g/mol. The van der Waals surface area contributed by atoms with Gasteiger partial charge in [-0.25, -0.2) is 8.42 Å². The Kier molecular flexibility index (Phi) is 5.51. The summed E-state index contributed by atoms with van der Waals surface area (Å²) in [5.74, 6) is 0.506. The number of benzene rings is 1. The van der Waals surface area contributed by atoms with Gasteiger partial charge in [0.05, 0.1) is 5.75 Å². The molecule has 0 saturated carbocycles. The molecule has 1 spiro atoms. The monoisotopic (exact) mass is 405 g/mol. The van der Waals surface area contributed by atoms with Crippen molar-refractivity contribution in [2.75, 3.05) is 58.6 Å². The van der Waals surface area contributed by atoms with Crippen molar-refractivity contribution in [2.45, 2.75) is 24.0 Å². The average molecular weight is 406 g/mol. The smallest absolute Gasteiger partial charge is 0.223 e. The molecule has 28 heavy (non-hydrogen) atoms. The zero-order valence-corrected chi connectivity index (χ0v) is 17.5. The Hall–Kier alpha value is -1.44. The minimum Gasteiger partial charge on any atom is -0.339 e. The molecule has 0 aliphatic carbocycles. The van der Waals surface area contributed by atoms with Crippen LogP contribution in [0.1, 0.15) is 18.4 Å². The fraction of sp³-hybridized carbons (Fsp3) is 0.667. The number of hydrogen-bond donors (Lipinski definition) is 0. The third kappa shape index (κ3) is 3.72. The van der Waals surface area contributed by atoms with Gasteiger partial charge in [0.25, 0.3) is 0 Å². The number of rotatable bonds is 5. The molecule has 154 valence electrons. The number of hydrogen-bond acceptors (Lipinski definition) is 5. The van der Waals surface area contributed by atoms with E-state index in [9.17, 15) is 13.2 Å². The van der Waals surface area contributed by atoms with Gasteiger partial charge in [0.15, 0.2) is 9.84 Å². The zero-order chi connectivity index (χ0) is 19.8. The number of piperazine rings is 1. The quantitative estimate of drug-likeness (QED) is 0.728. The van der Waals surface area contributed by atoms with Gasteiger partial charge >= 0.3 is 0 Å². The van der Waals surface area contributed by atoms with Crippen molar-refractivity contribution in [1.29, 1.82) is 0 Å². The SMILES string of the molecule is CN1CCN(CC2CCS(=O)(=O)C23CN(C(=O)CCc2ccccc2)C3)CC1. The first-order valence-electron chi connectivity index (χ1n) is 10.3. The van der Waals surface area contributed by atoms with Crippen LogP contribution in [0.5, 0.6) is 0 Å². The van der Waals surface area contributed by atoms with Gasteiger partial charge in [0.2, 0.25) is 5.91 Å². The van der Waals surface area contributed by atoms with Crippen LogP contribution in [0, 0.1) is 5.92 Å². The van der Waals surface area contributed by atoms with Crippen molar-refractivity contribution in [3.05, 3.63) is 35.9 Å². The second-order valence-corrected chi connectivity index (χ2v) is 11.2. The number of sulfone groups is 1. The van der Waals surface area contributed by atoms with Gasteiger partial charge in [0, 0.05) is 52.2 Å². The first-order chi connectivity index (χ1) is 13.4. The number of carbonyl (C=O) groups excluding carboxylic acids is 1. The highest BCUT2D eigenvalue weighted by Crippen LogP contribution is 2.45. The summed E-state index contributed by atoms with van der Waals surface area (Å²) in [5.41, 5.74) is 1.15. The van der Waals surface area contributed by atoms with Crippen molar-refractivity contribution in [2.24, 2.45) is 5.92 Å². The third-order valence-corrected chi connectivity index (χ3v) is 9.52. The summed E-state index contributed by atoms with van der Waals surface area (Å²) in [4.78, 5) is 19.1. The minimum atomic E-state index is -3.13. The molecular formula is C21H31N3O3S. The number of aryl methyl sites for hydroxylation is 1. The summed E-state index contributed by atoms with van der Waals surface area (Å²) >= 11 is 0. The highest BCUT2D eigenvalue weighted by molar-refractivity contribution is 7.93. The van der Waals surface area contributed by atoms with E-state index < -0.39 is 14.6 Å². The number of carbonyl (C=O) groups is 1. The number of likely N-dealkylation sites (tertiary alicyclic amines) is 1. The van der Waals surface area contributed by atoms with Crippen LogP contribution < -0.4 is 0 Å². The maximum absolute atomic E-state index is 12.9. The molecule has 1 aromatic carbocycles. The molecule has 1 atom stereocenters. The summed E-state index contributed by atoms with van der Waals surface area (Å²) < 4.78 is 25.0. The summed E-state index contributed by atoms with van der Waals surface area (Å²) in [6, 6.07) is 9.98. The molecule has 0 aromatic heterocycles. The molecule has 1 amide bonds. The van der Waals surface area contributed by atoms with Crippen molar-refractivity contribution < 1.29 is 13.2 Å². The van der Waals surface area contributed by atoms with Gasteiger partial charge in [-0.15, -0.1) is 0 Å². The fourth-order valence-electron chi connectivity index (χ4n) is 4.90. The standard InChI is InChI=1S/C21H31N3O3S/c1-22-10-12-23(13-11-22)15-19-9-14-28(26,27)21(19)16-24(17-21)20(25)8-7-18-5-3-2-4-6-18/h2-6,19H,7-17H2,1H3. The van der Waals surface area contributed by atoms with E-state index >= 15 is 0 Å². The lowest BCUT2D eigenvalue weighted by molar-refractivity contribution is -0.137. The third-order valence-electron chi connectivity index (χ3n) is 6.91. The van der Waals surface area contributed by atoms with E-state index in [1.165, 1.54) is 0 Å². The van der Waals surface area contributed by atoms with E-state index in [4.69, 9.17) is 0 Å². The Labute approximate surface area is 168 Å². The lowest BCUT2D eigenvalue weighted by Gasteiger charge is -2.51. The first-order valence-corrected chi connectivity index (χ1v) is 12.0. The van der Waals surface area contributed by atoms with Crippen LogP contribution in [0.25, 0.3) is 0 Å². The molecule has 0 radical (unpaired) electrons. The average Bonchev–Trinajstić information content (AvgIpc) is 2.91. The van der Waals surface area contributed by atoms with Crippen LogP contribution >= 0.6 is 0 Å². The molecule has 0 N–H and O–H groups in total. The van der Waals surface area contributed by atoms with Crippen LogP contribution in [0.4, 0.5) is 0 Å². The molecule has 3 heterocycles. The molecule has 3 aliphatic heterocycles. The maximum Gasteiger partial charge on any atom is 0.223 e. The van der Waals surface area contributed by atoms with Crippen LogP contribution in [0.2, 0.25) is 0 Å². The minimum absolute atomic E-state index is 0.0786. The first kappa shape index (κ1) is 19.9. The van der Waals surface area contributed by atoms with Gasteiger partial charge in [0.1, 0.15) is 4.75 Å². The molecule has 6 nitrogen and oxygen atoms in total. The molecule has 7 heteroatoms. The zero-order valence-electron chi connectivity index (χ0n) is 16.7. The summed E-state index contributed by atoms with van der Waals surface area (Å²) in [6.45, 7) is 5.71. The van der Waals surface area contributed by atoms with E-state index in [-0.39, 0.29) is 17.6 Å². The Morgan fingerprint density at radius 3 is 2.46 bits per heavy atom. The molecule has 3 fully saturated rings. The van der Waals surface area contributed by atoms with Gasteiger partial charge in [-0.1, -0.05) is 30.3 Å². The predicted octanol–water partition coefficient (Wildman–Crippen LogP) is 0.882. The van der Waals surface area contributed by atoms with E-state index in [1.807, 2.05) is 30.3 Å². The van der Waals surface area contributed by atoms with Gasteiger partial charge in [-0.2, -0.15) is 0 Å². The maximum atomic E-state index is 12.9. The predicted molar refractivity (Wildman–Crippen MR) is 110 cm³/mol. The van der Waals surface area contributed by atoms with Gasteiger partial charge < -0.3 is 14.7 Å². The largest absolute Gasteiger partial charge is 0.339 e. The van der Waals surface area contributed by atoms with Gasteiger partial charge in [-0.05, 0) is 31.4 Å². The lowest BCUT2D eigenvalue weighted by atomic mass is 9.82. The summed E-state index contributed by atoms with van der Waals surface area (Å²) in [5, 5.41) is 0. The Morgan fingerprint density at radius 1 is 1.11 bits per heavy atom. The second kappa shape index (κ2) is 7.76. The summed E-state index contributed by atoms with van der Waals surface area (Å²) in [6.07, 6.45) is 1.89. The molecule has 4 rings (SSSR count). The van der Waals surface area contributed by atoms with Crippen LogP contribution in [0.3, 0.4) is 0 Å². The summed E-state index contributed by atoms with van der Waals surface area (Å²) in [7, 11) is -0.996. The highest BCUT2D eigenvalue weighted by Gasteiger charge is 2.62. The van der Waals surface area contributed by atoms with E-state index in [1.54, 1.807) is 4.90 Å². The number of amides is 1. The molecule has 3 saturated heterocycles. The van der Waals surface area contributed by atoms with Crippen molar-refractivity contribution in [3.63, 3.8) is 0 Å². The highest BCUT2D eigenvalue weighted by atomic mass is 32.2. The Balaban J connectivity index is 1.35. The van der Waals surface area contributed by atoms with Crippen molar-refractivity contribution in [1.82, 2.24) is 14.7 Å². The number of likely N-dealkylation sites (N-methyl/N-ethyl adjacent to an activating group) is 1. The van der Waals surface area contributed by atoms with E-state index in [0.29, 0.717) is 25.9 Å². The lowest BCUT2D eigenvalue weighted by Crippen LogP contribution is -2.69. The van der Waals surface area contributed by atoms with Crippen LogP contribution in [0.15, 0.2) is 30.3 Å². The Bertz CT molecular complexity index is 797. The molecule has 1 unspecified atom stereocenters.